The Morgan fingerprint density at radius 1 is 1.08 bits per heavy atom. The van der Waals surface area contributed by atoms with E-state index in [1.165, 1.54) is 6.42 Å². The fourth-order valence-electron chi connectivity index (χ4n) is 3.89. The van der Waals surface area contributed by atoms with Crippen molar-refractivity contribution in [1.29, 1.82) is 0 Å². The van der Waals surface area contributed by atoms with Gasteiger partial charge in [0.25, 0.3) is 5.91 Å². The number of benzene rings is 1. The van der Waals surface area contributed by atoms with E-state index in [2.05, 4.69) is 0 Å². The van der Waals surface area contributed by atoms with Gasteiger partial charge < -0.3 is 14.4 Å². The summed E-state index contributed by atoms with van der Waals surface area (Å²) in [4.78, 5) is 26.6. The van der Waals surface area contributed by atoms with Crippen molar-refractivity contribution in [3.8, 4) is 5.75 Å². The van der Waals surface area contributed by atoms with Gasteiger partial charge in [0.2, 0.25) is 0 Å². The highest BCUT2D eigenvalue weighted by Crippen LogP contribution is 2.31. The summed E-state index contributed by atoms with van der Waals surface area (Å²) in [7, 11) is 0. The maximum atomic E-state index is 12.9. The van der Waals surface area contributed by atoms with E-state index in [4.69, 9.17) is 9.47 Å². The number of carbonyl (C=O) groups excluding carboxylic acids is 2. The van der Waals surface area contributed by atoms with Gasteiger partial charge in [-0.25, -0.2) is 0 Å². The molecule has 2 saturated carbocycles. The summed E-state index contributed by atoms with van der Waals surface area (Å²) < 4.78 is 11.4. The second kappa shape index (κ2) is 7.16. The predicted molar refractivity (Wildman–Crippen MR) is 92.7 cm³/mol. The van der Waals surface area contributed by atoms with Crippen LogP contribution < -0.4 is 4.74 Å². The molecule has 134 valence electrons. The third kappa shape index (κ3) is 3.71. The van der Waals surface area contributed by atoms with E-state index in [0.29, 0.717) is 24.5 Å². The smallest absolute Gasteiger partial charge is 0.254 e. The number of rotatable bonds is 5. The average Bonchev–Trinajstić information content (AvgIpc) is 3.51. The van der Waals surface area contributed by atoms with Crippen molar-refractivity contribution < 1.29 is 19.1 Å². The van der Waals surface area contributed by atoms with Gasteiger partial charge in [-0.1, -0.05) is 12.8 Å². The van der Waals surface area contributed by atoms with Gasteiger partial charge in [0.15, 0.2) is 5.78 Å². The zero-order chi connectivity index (χ0) is 17.2. The molecule has 5 heteroatoms. The van der Waals surface area contributed by atoms with Crippen LogP contribution in [0.2, 0.25) is 0 Å². The maximum Gasteiger partial charge on any atom is 0.254 e. The first-order chi connectivity index (χ1) is 12.2. The van der Waals surface area contributed by atoms with E-state index >= 15 is 0 Å². The highest BCUT2D eigenvalue weighted by Gasteiger charge is 2.37. The lowest BCUT2D eigenvalue weighted by atomic mass is 9.89. The molecule has 25 heavy (non-hydrogen) atoms. The van der Waals surface area contributed by atoms with Crippen LogP contribution in [0.25, 0.3) is 0 Å². The highest BCUT2D eigenvalue weighted by molar-refractivity contribution is 5.94. The van der Waals surface area contributed by atoms with E-state index in [1.807, 2.05) is 4.90 Å². The van der Waals surface area contributed by atoms with Gasteiger partial charge in [0, 0.05) is 18.0 Å². The Labute approximate surface area is 148 Å². The average molecular weight is 343 g/mol. The Hall–Kier alpha value is -1.88. The van der Waals surface area contributed by atoms with Crippen molar-refractivity contribution in [2.45, 2.75) is 50.7 Å². The summed E-state index contributed by atoms with van der Waals surface area (Å²) in [6.45, 7) is 1.41. The first kappa shape index (κ1) is 16.6. The molecule has 1 amide bonds. The Kier molecular flexibility index (Phi) is 4.75. The molecule has 1 aromatic rings. The Balaban J connectivity index is 1.38. The molecule has 0 N–H and O–H groups in total. The van der Waals surface area contributed by atoms with Gasteiger partial charge in [0.05, 0.1) is 18.8 Å². The van der Waals surface area contributed by atoms with Gasteiger partial charge in [-0.2, -0.15) is 0 Å². The number of hydrogen-bond donors (Lipinski definition) is 0. The molecule has 5 nitrogen and oxygen atoms in total. The molecule has 0 bridgehead atoms. The molecule has 3 aliphatic rings. The first-order valence-electron chi connectivity index (χ1n) is 9.40. The van der Waals surface area contributed by atoms with Gasteiger partial charge in [-0.15, -0.1) is 0 Å². The van der Waals surface area contributed by atoms with Crippen LogP contribution in [0, 0.1) is 5.92 Å². The van der Waals surface area contributed by atoms with E-state index < -0.39 is 0 Å². The molecule has 1 saturated heterocycles. The SMILES string of the molecule is O=C(COc1ccc(C(=O)N2CCOC3CCCCC32)cc1)C1CC1. The van der Waals surface area contributed by atoms with E-state index in [-0.39, 0.29) is 36.4 Å². The number of ketones is 1. The molecule has 2 atom stereocenters. The standard InChI is InChI=1S/C20H25NO4/c22-18(14-5-6-14)13-25-16-9-7-15(8-10-16)20(23)21-11-12-24-19-4-2-1-3-17(19)21/h7-10,14,17,19H,1-6,11-13H2. The quantitative estimate of drug-likeness (QED) is 0.825. The largest absolute Gasteiger partial charge is 0.486 e. The van der Waals surface area contributed by atoms with Crippen LogP contribution in [0.15, 0.2) is 24.3 Å². The lowest BCUT2D eigenvalue weighted by Crippen LogP contribution is -2.54. The highest BCUT2D eigenvalue weighted by atomic mass is 16.5. The number of carbonyl (C=O) groups is 2. The predicted octanol–water partition coefficient (Wildman–Crippen LogP) is 2.83. The zero-order valence-electron chi connectivity index (χ0n) is 14.5. The van der Waals surface area contributed by atoms with Crippen LogP contribution in [0.1, 0.15) is 48.9 Å². The topological polar surface area (TPSA) is 55.8 Å². The molecular weight excluding hydrogens is 318 g/mol. The molecule has 2 aliphatic carbocycles. The number of hydrogen-bond acceptors (Lipinski definition) is 4. The van der Waals surface area contributed by atoms with Crippen molar-refractivity contribution in [3.63, 3.8) is 0 Å². The summed E-state index contributed by atoms with van der Waals surface area (Å²) in [6.07, 6.45) is 6.62. The number of amides is 1. The lowest BCUT2D eigenvalue weighted by molar-refractivity contribution is -0.122. The zero-order valence-corrected chi connectivity index (χ0v) is 14.5. The molecule has 1 aliphatic heterocycles. The molecule has 1 aromatic carbocycles. The van der Waals surface area contributed by atoms with Gasteiger partial charge in [0.1, 0.15) is 12.4 Å². The van der Waals surface area contributed by atoms with Crippen molar-refractivity contribution in [2.75, 3.05) is 19.8 Å². The van der Waals surface area contributed by atoms with Crippen molar-refractivity contribution in [3.05, 3.63) is 29.8 Å². The summed E-state index contributed by atoms with van der Waals surface area (Å²) >= 11 is 0. The molecule has 0 aromatic heterocycles. The van der Waals surface area contributed by atoms with Crippen molar-refractivity contribution in [2.24, 2.45) is 5.92 Å². The number of fused-ring (bicyclic) bond motifs is 1. The summed E-state index contributed by atoms with van der Waals surface area (Å²) in [5, 5.41) is 0. The van der Waals surface area contributed by atoms with E-state index in [9.17, 15) is 9.59 Å². The molecule has 0 radical (unpaired) electrons. The minimum Gasteiger partial charge on any atom is -0.486 e. The molecule has 0 spiro atoms. The van der Waals surface area contributed by atoms with Crippen LogP contribution >= 0.6 is 0 Å². The van der Waals surface area contributed by atoms with Gasteiger partial charge >= 0.3 is 0 Å². The molecule has 3 fully saturated rings. The number of nitrogens with zero attached hydrogens (tertiary/aromatic N) is 1. The van der Waals surface area contributed by atoms with Crippen LogP contribution in [0.3, 0.4) is 0 Å². The molecule has 2 unspecified atom stereocenters. The normalized spacial score (nSPS) is 26.0. The van der Waals surface area contributed by atoms with Gasteiger partial charge in [-0.3, -0.25) is 9.59 Å². The Morgan fingerprint density at radius 2 is 1.84 bits per heavy atom. The van der Waals surface area contributed by atoms with Crippen LogP contribution in [-0.4, -0.2) is 48.5 Å². The number of morpholine rings is 1. The summed E-state index contributed by atoms with van der Waals surface area (Å²) in [6, 6.07) is 7.37. The summed E-state index contributed by atoms with van der Waals surface area (Å²) in [5.41, 5.74) is 0.673. The molecule has 4 rings (SSSR count). The van der Waals surface area contributed by atoms with Crippen LogP contribution in [0.4, 0.5) is 0 Å². The minimum absolute atomic E-state index is 0.0702. The Bertz CT molecular complexity index is 636. The number of ether oxygens (including phenoxy) is 2. The van der Waals surface area contributed by atoms with Crippen LogP contribution in [-0.2, 0) is 9.53 Å². The Morgan fingerprint density at radius 3 is 2.60 bits per heavy atom. The maximum absolute atomic E-state index is 12.9. The minimum atomic E-state index is 0.0702. The third-order valence-electron chi connectivity index (χ3n) is 5.51. The third-order valence-corrected chi connectivity index (χ3v) is 5.51. The fourth-order valence-corrected chi connectivity index (χ4v) is 3.89. The van der Waals surface area contributed by atoms with E-state index in [0.717, 1.165) is 32.1 Å². The van der Waals surface area contributed by atoms with Gasteiger partial charge in [-0.05, 0) is 49.9 Å². The van der Waals surface area contributed by atoms with E-state index in [1.54, 1.807) is 24.3 Å². The molecular formula is C20H25NO4. The second-order valence-corrected chi connectivity index (χ2v) is 7.31. The van der Waals surface area contributed by atoms with Crippen LogP contribution in [0.5, 0.6) is 5.75 Å². The summed E-state index contributed by atoms with van der Waals surface area (Å²) in [5.74, 6) is 1.10. The van der Waals surface area contributed by atoms with Crippen molar-refractivity contribution in [1.82, 2.24) is 4.90 Å². The molecule has 1 heterocycles. The van der Waals surface area contributed by atoms with Crippen molar-refractivity contribution >= 4 is 11.7 Å². The monoisotopic (exact) mass is 343 g/mol. The number of Topliss-reactive ketones (excluding diaryl/α,β-unsaturated/α-hetero) is 1. The lowest BCUT2D eigenvalue weighted by Gasteiger charge is -2.43. The first-order valence-corrected chi connectivity index (χ1v) is 9.40. The second-order valence-electron chi connectivity index (χ2n) is 7.31. The fraction of sp³-hybridized carbons (Fsp3) is 0.600.